The zero-order valence-electron chi connectivity index (χ0n) is 6.51. The second kappa shape index (κ2) is 2.33. The Balaban J connectivity index is 2.82. The highest BCUT2D eigenvalue weighted by Crippen LogP contribution is 2.49. The third-order valence-electron chi connectivity index (χ3n) is 2.20. The molecule has 1 aliphatic rings. The summed E-state index contributed by atoms with van der Waals surface area (Å²) in [6.07, 6.45) is -3.25. The van der Waals surface area contributed by atoms with Gasteiger partial charge in [0, 0.05) is 6.42 Å². The lowest BCUT2D eigenvalue weighted by Crippen LogP contribution is -2.50. The van der Waals surface area contributed by atoms with Crippen LogP contribution in [0.15, 0.2) is 0 Å². The number of halogens is 5. The first-order valence-electron chi connectivity index (χ1n) is 3.61. The fourth-order valence-electron chi connectivity index (χ4n) is 1.20. The van der Waals surface area contributed by atoms with Gasteiger partial charge in [0.05, 0.1) is 6.42 Å². The molecule has 0 bridgehead atoms. The van der Waals surface area contributed by atoms with Gasteiger partial charge >= 0.3 is 0 Å². The molecular formula is C7H9F5. The zero-order valence-corrected chi connectivity index (χ0v) is 6.51. The first kappa shape index (κ1) is 9.74. The van der Waals surface area contributed by atoms with Gasteiger partial charge in [-0.05, 0) is 13.3 Å². The molecule has 0 aliphatic heterocycles. The average Bonchev–Trinajstić information content (AvgIpc) is 1.79. The minimum atomic E-state index is -3.91. The van der Waals surface area contributed by atoms with Crippen molar-refractivity contribution in [1.82, 2.24) is 0 Å². The van der Waals surface area contributed by atoms with E-state index < -0.39 is 36.8 Å². The maximum absolute atomic E-state index is 12.9. The van der Waals surface area contributed by atoms with Crippen LogP contribution in [0.5, 0.6) is 0 Å². The summed E-state index contributed by atoms with van der Waals surface area (Å²) in [6.45, 7) is 0.669. The minimum Gasteiger partial charge on any atom is -0.238 e. The van der Waals surface area contributed by atoms with Crippen molar-refractivity contribution in [3.05, 3.63) is 0 Å². The molecular weight excluding hydrogens is 179 g/mol. The molecule has 0 nitrogen and oxygen atoms in total. The first-order chi connectivity index (χ1) is 5.16. The summed E-state index contributed by atoms with van der Waals surface area (Å²) in [5.41, 5.74) is -2.78. The van der Waals surface area contributed by atoms with Crippen LogP contribution in [-0.4, -0.2) is 17.5 Å². The van der Waals surface area contributed by atoms with Gasteiger partial charge in [0.1, 0.15) is 0 Å². The zero-order chi connectivity index (χ0) is 9.62. The summed E-state index contributed by atoms with van der Waals surface area (Å²) in [7, 11) is 0. The molecule has 0 heterocycles. The standard InChI is InChI=1S/C7H9F5/c1-5(8)2-3-6(9,10)4-7(5,11)12/h2-4H2,1H3. The molecule has 0 aromatic carbocycles. The summed E-state index contributed by atoms with van der Waals surface area (Å²) >= 11 is 0. The SMILES string of the molecule is CC1(F)CCC(F)(F)CC1(F)F. The van der Waals surface area contributed by atoms with E-state index in [-0.39, 0.29) is 0 Å². The average molecular weight is 188 g/mol. The van der Waals surface area contributed by atoms with E-state index in [1.165, 1.54) is 0 Å². The molecule has 1 rings (SSSR count). The largest absolute Gasteiger partial charge is 0.286 e. The summed E-state index contributed by atoms with van der Waals surface area (Å²) in [6, 6.07) is 0. The molecule has 0 N–H and O–H groups in total. The maximum Gasteiger partial charge on any atom is 0.286 e. The fourth-order valence-corrected chi connectivity index (χ4v) is 1.20. The molecule has 0 spiro atoms. The number of hydrogen-bond donors (Lipinski definition) is 0. The highest BCUT2D eigenvalue weighted by Gasteiger charge is 2.60. The van der Waals surface area contributed by atoms with Gasteiger partial charge in [-0.1, -0.05) is 0 Å². The van der Waals surface area contributed by atoms with E-state index in [9.17, 15) is 22.0 Å². The maximum atomic E-state index is 12.9. The van der Waals surface area contributed by atoms with Crippen LogP contribution in [0.2, 0.25) is 0 Å². The highest BCUT2D eigenvalue weighted by molar-refractivity contribution is 4.98. The molecule has 0 radical (unpaired) electrons. The van der Waals surface area contributed by atoms with Crippen LogP contribution in [0.3, 0.4) is 0 Å². The van der Waals surface area contributed by atoms with Crippen LogP contribution in [0.25, 0.3) is 0 Å². The Labute approximate surface area is 66.8 Å². The van der Waals surface area contributed by atoms with E-state index in [1.807, 2.05) is 0 Å². The van der Waals surface area contributed by atoms with Crippen LogP contribution in [0.4, 0.5) is 22.0 Å². The quantitative estimate of drug-likeness (QED) is 0.512. The third-order valence-corrected chi connectivity index (χ3v) is 2.20. The second-order valence-electron chi connectivity index (χ2n) is 3.43. The van der Waals surface area contributed by atoms with Crippen molar-refractivity contribution in [3.63, 3.8) is 0 Å². The molecule has 0 amide bonds. The van der Waals surface area contributed by atoms with Gasteiger partial charge in [0.15, 0.2) is 5.67 Å². The van der Waals surface area contributed by atoms with Crippen LogP contribution in [-0.2, 0) is 0 Å². The van der Waals surface area contributed by atoms with E-state index in [2.05, 4.69) is 0 Å². The molecule has 1 unspecified atom stereocenters. The lowest BCUT2D eigenvalue weighted by atomic mass is 9.82. The molecule has 12 heavy (non-hydrogen) atoms. The molecule has 5 heteroatoms. The van der Waals surface area contributed by atoms with Gasteiger partial charge in [-0.2, -0.15) is 0 Å². The van der Waals surface area contributed by atoms with Gasteiger partial charge in [-0.25, -0.2) is 22.0 Å². The summed E-state index contributed by atoms with van der Waals surface area (Å²) in [5, 5.41) is 0. The smallest absolute Gasteiger partial charge is 0.238 e. The van der Waals surface area contributed by atoms with Crippen molar-refractivity contribution in [3.8, 4) is 0 Å². The van der Waals surface area contributed by atoms with Crippen LogP contribution in [0, 0.1) is 0 Å². The van der Waals surface area contributed by atoms with E-state index in [4.69, 9.17) is 0 Å². The van der Waals surface area contributed by atoms with E-state index in [1.54, 1.807) is 0 Å². The monoisotopic (exact) mass is 188 g/mol. The van der Waals surface area contributed by atoms with E-state index in [0.29, 0.717) is 6.92 Å². The van der Waals surface area contributed by atoms with Gasteiger partial charge in [-0.15, -0.1) is 0 Å². The molecule has 0 saturated heterocycles. The normalized spacial score (nSPS) is 39.5. The third kappa shape index (κ3) is 1.54. The predicted molar refractivity (Wildman–Crippen MR) is 33.3 cm³/mol. The lowest BCUT2D eigenvalue weighted by Gasteiger charge is -2.38. The van der Waals surface area contributed by atoms with Gasteiger partial charge in [0.2, 0.25) is 0 Å². The van der Waals surface area contributed by atoms with Crippen LogP contribution < -0.4 is 0 Å². The predicted octanol–water partition coefficient (Wildman–Crippen LogP) is 3.17. The van der Waals surface area contributed by atoms with Crippen molar-refractivity contribution < 1.29 is 22.0 Å². The molecule has 1 aliphatic carbocycles. The molecule has 72 valence electrons. The minimum absolute atomic E-state index is 0.669. The Morgan fingerprint density at radius 3 is 1.75 bits per heavy atom. The van der Waals surface area contributed by atoms with Crippen molar-refractivity contribution in [2.24, 2.45) is 0 Å². The van der Waals surface area contributed by atoms with Gasteiger partial charge in [0.25, 0.3) is 11.8 Å². The fraction of sp³-hybridized carbons (Fsp3) is 1.00. The van der Waals surface area contributed by atoms with Crippen LogP contribution >= 0.6 is 0 Å². The topological polar surface area (TPSA) is 0 Å². The van der Waals surface area contributed by atoms with Crippen molar-refractivity contribution >= 4 is 0 Å². The second-order valence-corrected chi connectivity index (χ2v) is 3.43. The Morgan fingerprint density at radius 1 is 0.917 bits per heavy atom. The summed E-state index contributed by atoms with van der Waals surface area (Å²) in [4.78, 5) is 0. The molecule has 1 fully saturated rings. The Bertz CT molecular complexity index is 184. The molecule has 0 aromatic heterocycles. The summed E-state index contributed by atoms with van der Waals surface area (Å²) < 4.78 is 62.9. The van der Waals surface area contributed by atoms with Crippen molar-refractivity contribution in [1.29, 1.82) is 0 Å². The van der Waals surface area contributed by atoms with Crippen molar-refractivity contribution in [2.75, 3.05) is 0 Å². The van der Waals surface area contributed by atoms with E-state index >= 15 is 0 Å². The number of alkyl halides is 5. The highest BCUT2D eigenvalue weighted by atomic mass is 19.3. The first-order valence-corrected chi connectivity index (χ1v) is 3.61. The lowest BCUT2D eigenvalue weighted by molar-refractivity contribution is -0.217. The summed E-state index contributed by atoms with van der Waals surface area (Å²) in [5.74, 6) is -7.33. The molecule has 1 saturated carbocycles. The molecule has 0 aromatic rings. The Kier molecular flexibility index (Phi) is 1.89. The van der Waals surface area contributed by atoms with E-state index in [0.717, 1.165) is 0 Å². The van der Waals surface area contributed by atoms with Gasteiger partial charge in [-0.3, -0.25) is 0 Å². The van der Waals surface area contributed by atoms with Crippen LogP contribution in [0.1, 0.15) is 26.2 Å². The van der Waals surface area contributed by atoms with Gasteiger partial charge < -0.3 is 0 Å². The number of rotatable bonds is 0. The Hall–Kier alpha value is -0.350. The molecule has 1 atom stereocenters. The Morgan fingerprint density at radius 2 is 1.42 bits per heavy atom. The van der Waals surface area contributed by atoms with Crippen molar-refractivity contribution in [2.45, 2.75) is 43.7 Å². The number of hydrogen-bond acceptors (Lipinski definition) is 0.